The molecule has 3 N–H and O–H groups in total. The van der Waals surface area contributed by atoms with Crippen LogP contribution in [-0.4, -0.2) is 28.4 Å². The van der Waals surface area contributed by atoms with Crippen LogP contribution in [0.5, 0.6) is 5.75 Å². The molecule has 0 spiro atoms. The van der Waals surface area contributed by atoms with Crippen LogP contribution in [-0.2, 0) is 0 Å². The lowest BCUT2D eigenvalue weighted by Gasteiger charge is -2.34. The van der Waals surface area contributed by atoms with Gasteiger partial charge in [-0.15, -0.1) is 13.2 Å². The first-order valence-corrected chi connectivity index (χ1v) is 8.56. The Hall–Kier alpha value is -0.570. The largest absolute Gasteiger partial charge is 0.573 e. The highest BCUT2D eigenvalue weighted by molar-refractivity contribution is 8.07. The van der Waals surface area contributed by atoms with Crippen molar-refractivity contribution in [3.05, 3.63) is 29.8 Å². The molecule has 1 aliphatic heterocycles. The summed E-state index contributed by atoms with van der Waals surface area (Å²) in [7, 11) is 0. The van der Waals surface area contributed by atoms with Crippen molar-refractivity contribution in [3.8, 4) is 5.75 Å². The average molecular weight is 338 g/mol. The van der Waals surface area contributed by atoms with Crippen molar-refractivity contribution < 1.29 is 17.9 Å². The van der Waals surface area contributed by atoms with Crippen molar-refractivity contribution in [1.29, 1.82) is 0 Å². The van der Waals surface area contributed by atoms with Crippen LogP contribution < -0.4 is 16.0 Å². The molecule has 1 saturated heterocycles. The van der Waals surface area contributed by atoms with Crippen LogP contribution in [0.1, 0.15) is 18.5 Å². The van der Waals surface area contributed by atoms with Crippen LogP contribution in [0.15, 0.2) is 24.3 Å². The van der Waals surface area contributed by atoms with Gasteiger partial charge in [0.15, 0.2) is 0 Å². The minimum absolute atomic E-state index is 0.0896. The molecule has 118 valence electrons. The number of para-hydroxylation sites is 1. The van der Waals surface area contributed by atoms with Gasteiger partial charge in [-0.3, -0.25) is 11.3 Å². The molecule has 1 aromatic carbocycles. The Bertz CT molecular complexity index is 473. The van der Waals surface area contributed by atoms with Crippen molar-refractivity contribution in [3.63, 3.8) is 0 Å². The Balaban J connectivity index is 2.29. The second-order valence-corrected chi connectivity index (χ2v) is 7.41. The Morgan fingerprint density at radius 2 is 1.95 bits per heavy atom. The van der Waals surface area contributed by atoms with E-state index in [0.29, 0.717) is 10.8 Å². The zero-order valence-corrected chi connectivity index (χ0v) is 13.0. The van der Waals surface area contributed by atoms with Crippen molar-refractivity contribution in [2.45, 2.75) is 29.8 Å². The summed E-state index contributed by atoms with van der Waals surface area (Å²) < 4.78 is 41.7. The predicted octanol–water partition coefficient (Wildman–Crippen LogP) is 3.33. The van der Waals surface area contributed by atoms with Crippen molar-refractivity contribution >= 4 is 23.5 Å². The third-order valence-electron chi connectivity index (χ3n) is 3.22. The van der Waals surface area contributed by atoms with Gasteiger partial charge in [0, 0.05) is 27.6 Å². The van der Waals surface area contributed by atoms with E-state index < -0.39 is 12.4 Å². The Morgan fingerprint density at radius 3 is 2.57 bits per heavy atom. The number of hydrazine groups is 1. The second-order valence-electron chi connectivity index (χ2n) is 4.64. The summed E-state index contributed by atoms with van der Waals surface area (Å²) in [6.45, 7) is 2.07. The zero-order valence-electron chi connectivity index (χ0n) is 11.4. The van der Waals surface area contributed by atoms with Gasteiger partial charge in [-0.1, -0.05) is 25.1 Å². The lowest BCUT2D eigenvalue weighted by atomic mass is 10.0. The van der Waals surface area contributed by atoms with Gasteiger partial charge in [-0.05, 0) is 6.07 Å². The van der Waals surface area contributed by atoms with E-state index in [1.54, 1.807) is 35.7 Å². The molecule has 0 saturated carbocycles. The number of thioether (sulfide) groups is 2. The highest BCUT2D eigenvalue weighted by Crippen LogP contribution is 2.41. The van der Waals surface area contributed by atoms with E-state index in [9.17, 15) is 13.2 Å². The standard InChI is InChI=1S/C13H17F3N2OS2/c1-8-12(21-7-6-20-8)11(18-17)9-4-2-3-5-10(9)19-13(14,15)16/h2-5,8,11-12,18H,6-7,17H2,1H3. The third kappa shape index (κ3) is 4.45. The maximum Gasteiger partial charge on any atom is 0.573 e. The van der Waals surface area contributed by atoms with Crippen LogP contribution in [0.3, 0.4) is 0 Å². The highest BCUT2D eigenvalue weighted by atomic mass is 32.2. The van der Waals surface area contributed by atoms with Gasteiger partial charge in [0.25, 0.3) is 0 Å². The number of alkyl halides is 3. The number of benzene rings is 1. The highest BCUT2D eigenvalue weighted by Gasteiger charge is 2.36. The minimum Gasteiger partial charge on any atom is -0.405 e. The molecular formula is C13H17F3N2OS2. The van der Waals surface area contributed by atoms with Gasteiger partial charge >= 0.3 is 6.36 Å². The minimum atomic E-state index is -4.71. The molecule has 3 atom stereocenters. The molecule has 21 heavy (non-hydrogen) atoms. The summed E-state index contributed by atoms with van der Waals surface area (Å²) >= 11 is 3.53. The summed E-state index contributed by atoms with van der Waals surface area (Å²) in [6.07, 6.45) is -4.71. The quantitative estimate of drug-likeness (QED) is 0.651. The molecule has 2 rings (SSSR count). The van der Waals surface area contributed by atoms with Crippen LogP contribution >= 0.6 is 23.5 Å². The van der Waals surface area contributed by atoms with E-state index in [-0.39, 0.29) is 11.0 Å². The van der Waals surface area contributed by atoms with E-state index in [1.807, 2.05) is 0 Å². The van der Waals surface area contributed by atoms with Gasteiger partial charge < -0.3 is 4.74 Å². The fraction of sp³-hybridized carbons (Fsp3) is 0.538. The van der Waals surface area contributed by atoms with E-state index in [4.69, 9.17) is 5.84 Å². The van der Waals surface area contributed by atoms with Gasteiger partial charge in [0.05, 0.1) is 6.04 Å². The van der Waals surface area contributed by atoms with Crippen LogP contribution in [0.2, 0.25) is 0 Å². The first-order chi connectivity index (χ1) is 9.92. The fourth-order valence-electron chi connectivity index (χ4n) is 2.33. The predicted molar refractivity (Wildman–Crippen MR) is 81.4 cm³/mol. The van der Waals surface area contributed by atoms with Gasteiger partial charge in [0.2, 0.25) is 0 Å². The van der Waals surface area contributed by atoms with E-state index in [1.165, 1.54) is 12.1 Å². The summed E-state index contributed by atoms with van der Waals surface area (Å²) in [5, 5.41) is 0.385. The lowest BCUT2D eigenvalue weighted by molar-refractivity contribution is -0.275. The van der Waals surface area contributed by atoms with Crippen molar-refractivity contribution in [2.75, 3.05) is 11.5 Å². The van der Waals surface area contributed by atoms with Crippen LogP contribution in [0.25, 0.3) is 0 Å². The molecule has 0 aliphatic carbocycles. The maximum absolute atomic E-state index is 12.5. The third-order valence-corrected chi connectivity index (χ3v) is 6.42. The first-order valence-electron chi connectivity index (χ1n) is 6.46. The molecule has 1 aromatic rings. The summed E-state index contributed by atoms with van der Waals surface area (Å²) in [5.74, 6) is 7.42. The van der Waals surface area contributed by atoms with Crippen molar-refractivity contribution in [2.24, 2.45) is 5.84 Å². The van der Waals surface area contributed by atoms with E-state index in [2.05, 4.69) is 17.1 Å². The first kappa shape index (κ1) is 16.8. The van der Waals surface area contributed by atoms with Crippen molar-refractivity contribution in [1.82, 2.24) is 5.43 Å². The van der Waals surface area contributed by atoms with Gasteiger partial charge in [0.1, 0.15) is 5.75 Å². The fourth-order valence-corrected chi connectivity index (χ4v) is 5.25. The molecule has 3 nitrogen and oxygen atoms in total. The Morgan fingerprint density at radius 1 is 1.29 bits per heavy atom. The number of rotatable bonds is 4. The molecule has 1 heterocycles. The number of ether oxygens (including phenoxy) is 1. The Kier molecular flexibility index (Phi) is 5.70. The number of halogens is 3. The monoisotopic (exact) mass is 338 g/mol. The molecule has 0 aromatic heterocycles. The number of nitrogens with two attached hydrogens (primary N) is 1. The molecule has 8 heteroatoms. The molecule has 1 fully saturated rings. The molecule has 0 amide bonds. The normalized spacial score (nSPS) is 24.6. The molecule has 0 radical (unpaired) electrons. The van der Waals surface area contributed by atoms with Gasteiger partial charge in [-0.25, -0.2) is 0 Å². The molecular weight excluding hydrogens is 321 g/mol. The van der Waals surface area contributed by atoms with Crippen LogP contribution in [0.4, 0.5) is 13.2 Å². The smallest absolute Gasteiger partial charge is 0.405 e. The number of hydrogen-bond acceptors (Lipinski definition) is 5. The molecule has 0 bridgehead atoms. The number of hydrogen-bond donors (Lipinski definition) is 2. The molecule has 3 unspecified atom stereocenters. The summed E-state index contributed by atoms with van der Waals surface area (Å²) in [5.41, 5.74) is 3.10. The topological polar surface area (TPSA) is 47.3 Å². The SMILES string of the molecule is CC1SCCSC1C(NN)c1ccccc1OC(F)(F)F. The summed E-state index contributed by atoms with van der Waals surface area (Å²) in [6, 6.07) is 5.76. The second kappa shape index (κ2) is 7.13. The summed E-state index contributed by atoms with van der Waals surface area (Å²) in [4.78, 5) is 0. The van der Waals surface area contributed by atoms with Gasteiger partial charge in [-0.2, -0.15) is 23.5 Å². The lowest BCUT2D eigenvalue weighted by Crippen LogP contribution is -2.41. The molecule has 1 aliphatic rings. The van der Waals surface area contributed by atoms with Crippen LogP contribution in [0, 0.1) is 0 Å². The van der Waals surface area contributed by atoms with E-state index in [0.717, 1.165) is 11.5 Å². The average Bonchev–Trinajstić information content (AvgIpc) is 2.42. The zero-order chi connectivity index (χ0) is 15.5. The Labute approximate surface area is 130 Å². The maximum atomic E-state index is 12.5. The van der Waals surface area contributed by atoms with E-state index >= 15 is 0 Å². The number of nitrogens with one attached hydrogen (secondary N) is 1.